The highest BCUT2D eigenvalue weighted by Crippen LogP contribution is 2.22. The van der Waals surface area contributed by atoms with Crippen LogP contribution in [0.2, 0.25) is 0 Å². The Kier molecular flexibility index (Phi) is 5.71. The summed E-state index contributed by atoms with van der Waals surface area (Å²) < 4.78 is 5.26. The summed E-state index contributed by atoms with van der Waals surface area (Å²) in [6.45, 7) is 5.76. The van der Waals surface area contributed by atoms with E-state index in [0.717, 1.165) is 23.7 Å². The smallest absolute Gasteiger partial charge is 0.0976 e. The third kappa shape index (κ3) is 4.40. The highest BCUT2D eigenvalue weighted by atomic mass is 32.1. The molecule has 0 aliphatic carbocycles. The lowest BCUT2D eigenvalue weighted by Gasteiger charge is -2.07. The van der Waals surface area contributed by atoms with Gasteiger partial charge in [0.25, 0.3) is 0 Å². The third-order valence-electron chi connectivity index (χ3n) is 2.97. The monoisotopic (exact) mass is 290 g/mol. The van der Waals surface area contributed by atoms with Gasteiger partial charge in [-0.2, -0.15) is 0 Å². The Hall–Kier alpha value is -1.23. The lowest BCUT2D eigenvalue weighted by atomic mass is 10.2. The molecule has 1 aromatic heterocycles. The first kappa shape index (κ1) is 15.2. The van der Waals surface area contributed by atoms with Crippen molar-refractivity contribution in [2.45, 2.75) is 39.5 Å². The SMILES string of the molecule is COCc1nc(Cc2ccccc2)sc1CNC(C)C. The number of hydrogen-bond acceptors (Lipinski definition) is 4. The molecule has 0 aliphatic rings. The molecule has 2 aromatic rings. The minimum Gasteiger partial charge on any atom is -0.378 e. The average Bonchev–Trinajstić information content (AvgIpc) is 2.80. The molecule has 3 nitrogen and oxygen atoms in total. The fraction of sp³-hybridized carbons (Fsp3) is 0.438. The summed E-state index contributed by atoms with van der Waals surface area (Å²) in [6, 6.07) is 10.9. The number of aromatic nitrogens is 1. The molecule has 1 N–H and O–H groups in total. The zero-order chi connectivity index (χ0) is 14.4. The van der Waals surface area contributed by atoms with Crippen molar-refractivity contribution in [3.05, 3.63) is 51.5 Å². The number of benzene rings is 1. The van der Waals surface area contributed by atoms with Crippen molar-refractivity contribution in [2.24, 2.45) is 0 Å². The van der Waals surface area contributed by atoms with E-state index in [-0.39, 0.29) is 0 Å². The summed E-state index contributed by atoms with van der Waals surface area (Å²) in [6.07, 6.45) is 0.893. The largest absolute Gasteiger partial charge is 0.378 e. The fourth-order valence-electron chi connectivity index (χ4n) is 1.97. The fourth-order valence-corrected chi connectivity index (χ4v) is 3.02. The van der Waals surface area contributed by atoms with Crippen molar-refractivity contribution in [1.82, 2.24) is 10.3 Å². The lowest BCUT2D eigenvalue weighted by molar-refractivity contribution is 0.181. The summed E-state index contributed by atoms with van der Waals surface area (Å²) in [4.78, 5) is 6.01. The van der Waals surface area contributed by atoms with Gasteiger partial charge in [-0.3, -0.25) is 0 Å². The molecular weight excluding hydrogens is 268 g/mol. The molecule has 0 radical (unpaired) electrons. The van der Waals surface area contributed by atoms with Crippen molar-refractivity contribution >= 4 is 11.3 Å². The second kappa shape index (κ2) is 7.53. The van der Waals surface area contributed by atoms with Gasteiger partial charge >= 0.3 is 0 Å². The van der Waals surface area contributed by atoms with Gasteiger partial charge in [0.05, 0.1) is 17.3 Å². The van der Waals surface area contributed by atoms with Gasteiger partial charge in [-0.05, 0) is 5.56 Å². The average molecular weight is 290 g/mol. The van der Waals surface area contributed by atoms with Crippen molar-refractivity contribution in [2.75, 3.05) is 7.11 Å². The molecule has 20 heavy (non-hydrogen) atoms. The number of thiazole rings is 1. The van der Waals surface area contributed by atoms with Gasteiger partial charge in [0, 0.05) is 31.0 Å². The molecule has 1 heterocycles. The van der Waals surface area contributed by atoms with E-state index in [9.17, 15) is 0 Å². The minimum atomic E-state index is 0.477. The normalized spacial score (nSPS) is 11.2. The van der Waals surface area contributed by atoms with Crippen molar-refractivity contribution in [3.8, 4) is 0 Å². The summed E-state index contributed by atoms with van der Waals surface area (Å²) >= 11 is 1.78. The highest BCUT2D eigenvalue weighted by molar-refractivity contribution is 7.11. The van der Waals surface area contributed by atoms with Crippen LogP contribution >= 0.6 is 11.3 Å². The standard InChI is InChI=1S/C16H22N2OS/c1-12(2)17-10-15-14(11-19-3)18-16(20-15)9-13-7-5-4-6-8-13/h4-8,12,17H,9-11H2,1-3H3. The van der Waals surface area contributed by atoms with E-state index in [0.29, 0.717) is 12.6 Å². The summed E-state index contributed by atoms with van der Waals surface area (Å²) in [5.74, 6) is 0. The van der Waals surface area contributed by atoms with Crippen LogP contribution in [-0.4, -0.2) is 18.1 Å². The number of rotatable bonds is 7. The van der Waals surface area contributed by atoms with Crippen LogP contribution in [-0.2, 0) is 24.3 Å². The van der Waals surface area contributed by atoms with Crippen LogP contribution in [0.25, 0.3) is 0 Å². The van der Waals surface area contributed by atoms with E-state index in [4.69, 9.17) is 9.72 Å². The molecule has 0 fully saturated rings. The first-order chi connectivity index (χ1) is 9.69. The molecule has 0 bridgehead atoms. The zero-order valence-corrected chi connectivity index (χ0v) is 13.2. The molecule has 2 rings (SSSR count). The molecule has 0 saturated carbocycles. The van der Waals surface area contributed by atoms with Gasteiger partial charge in [-0.15, -0.1) is 11.3 Å². The number of hydrogen-bond donors (Lipinski definition) is 1. The van der Waals surface area contributed by atoms with Crippen LogP contribution in [0.4, 0.5) is 0 Å². The molecular formula is C16H22N2OS. The predicted molar refractivity (Wildman–Crippen MR) is 84.1 cm³/mol. The van der Waals surface area contributed by atoms with Crippen molar-refractivity contribution < 1.29 is 4.74 Å². The molecule has 0 unspecified atom stereocenters. The van der Waals surface area contributed by atoms with Gasteiger partial charge in [-0.1, -0.05) is 44.2 Å². The van der Waals surface area contributed by atoms with E-state index in [1.807, 2.05) is 6.07 Å². The Morgan fingerprint density at radius 3 is 2.65 bits per heavy atom. The van der Waals surface area contributed by atoms with Crippen LogP contribution < -0.4 is 5.32 Å². The van der Waals surface area contributed by atoms with E-state index in [1.54, 1.807) is 18.4 Å². The number of methoxy groups -OCH3 is 1. The number of nitrogens with zero attached hydrogens (tertiary/aromatic N) is 1. The Morgan fingerprint density at radius 2 is 2.00 bits per heavy atom. The van der Waals surface area contributed by atoms with Gasteiger partial charge in [-0.25, -0.2) is 4.98 Å². The topological polar surface area (TPSA) is 34.1 Å². The van der Waals surface area contributed by atoms with Crippen molar-refractivity contribution in [1.29, 1.82) is 0 Å². The van der Waals surface area contributed by atoms with Crippen LogP contribution in [0.15, 0.2) is 30.3 Å². The van der Waals surface area contributed by atoms with E-state index >= 15 is 0 Å². The lowest BCUT2D eigenvalue weighted by Crippen LogP contribution is -2.21. The van der Waals surface area contributed by atoms with Crippen LogP contribution in [0.3, 0.4) is 0 Å². The summed E-state index contributed by atoms with van der Waals surface area (Å²) in [7, 11) is 1.72. The summed E-state index contributed by atoms with van der Waals surface area (Å²) in [5, 5.41) is 4.61. The maximum atomic E-state index is 5.26. The Bertz CT molecular complexity index is 523. The maximum Gasteiger partial charge on any atom is 0.0976 e. The number of ether oxygens (including phenoxy) is 1. The Balaban J connectivity index is 2.11. The molecule has 0 atom stereocenters. The molecule has 4 heteroatoms. The second-order valence-electron chi connectivity index (χ2n) is 5.11. The van der Waals surface area contributed by atoms with Crippen LogP contribution in [0, 0.1) is 0 Å². The molecule has 0 spiro atoms. The van der Waals surface area contributed by atoms with Gasteiger partial charge in [0.15, 0.2) is 0 Å². The van der Waals surface area contributed by atoms with Crippen LogP contribution in [0.5, 0.6) is 0 Å². The molecule has 0 saturated heterocycles. The third-order valence-corrected chi connectivity index (χ3v) is 4.07. The van der Waals surface area contributed by atoms with Crippen molar-refractivity contribution in [3.63, 3.8) is 0 Å². The zero-order valence-electron chi connectivity index (χ0n) is 12.3. The summed E-state index contributed by atoms with van der Waals surface area (Å²) in [5.41, 5.74) is 2.37. The van der Waals surface area contributed by atoms with E-state index in [1.165, 1.54) is 10.4 Å². The predicted octanol–water partition coefficient (Wildman–Crippen LogP) is 3.38. The van der Waals surface area contributed by atoms with Gasteiger partial charge in [0.1, 0.15) is 0 Å². The van der Waals surface area contributed by atoms with E-state index < -0.39 is 0 Å². The Morgan fingerprint density at radius 1 is 1.25 bits per heavy atom. The number of nitrogens with one attached hydrogen (secondary N) is 1. The molecule has 1 aromatic carbocycles. The second-order valence-corrected chi connectivity index (χ2v) is 6.28. The first-order valence-corrected chi connectivity index (χ1v) is 7.74. The Labute approximate surface area is 125 Å². The quantitative estimate of drug-likeness (QED) is 0.849. The highest BCUT2D eigenvalue weighted by Gasteiger charge is 2.11. The maximum absolute atomic E-state index is 5.26. The molecule has 0 amide bonds. The van der Waals surface area contributed by atoms with E-state index in [2.05, 4.69) is 43.4 Å². The first-order valence-electron chi connectivity index (χ1n) is 6.92. The van der Waals surface area contributed by atoms with Gasteiger partial charge in [0.2, 0.25) is 0 Å². The van der Waals surface area contributed by atoms with Gasteiger partial charge < -0.3 is 10.1 Å². The van der Waals surface area contributed by atoms with Crippen LogP contribution in [0.1, 0.15) is 35.0 Å². The molecule has 108 valence electrons. The molecule has 0 aliphatic heterocycles. The minimum absolute atomic E-state index is 0.477.